The molecule has 2 heterocycles. The number of carbonyl (C=O) groups excluding carboxylic acids is 3. The van der Waals surface area contributed by atoms with Gasteiger partial charge in [-0.1, -0.05) is 0 Å². The van der Waals surface area contributed by atoms with Gasteiger partial charge in [0.05, 0.1) is 24.3 Å². The highest BCUT2D eigenvalue weighted by Gasteiger charge is 2.31. The van der Waals surface area contributed by atoms with Gasteiger partial charge in [-0.05, 0) is 61.7 Å². The molecule has 5 rings (SSSR count). The third-order valence-electron chi connectivity index (χ3n) is 5.70. The third-order valence-corrected chi connectivity index (χ3v) is 6.75. The predicted octanol–water partition coefficient (Wildman–Crippen LogP) is 3.97. The average molecular weight is 480 g/mol. The fourth-order valence-electron chi connectivity index (χ4n) is 3.97. The minimum atomic E-state index is -0.437. The van der Waals surface area contributed by atoms with Gasteiger partial charge >= 0.3 is 5.97 Å². The van der Waals surface area contributed by atoms with Gasteiger partial charge in [0.2, 0.25) is 12.7 Å². The summed E-state index contributed by atoms with van der Waals surface area (Å²) in [6.45, 7) is 0.137. The van der Waals surface area contributed by atoms with E-state index >= 15 is 0 Å². The standard InChI is InChI=1S/C24H21N3O6S/c1-31-23(30)13-5-8-15(9-6-13)25-22(29)16-3-2-4-19-20(16)26-24(34-19)27-21(28)14-7-10-17-18(11-14)33-12-32-17/h5-11,16H,2-4,12H2,1H3,(H,25,29)(H,26,27,28). The molecule has 174 valence electrons. The Morgan fingerprint density at radius 3 is 2.59 bits per heavy atom. The van der Waals surface area contributed by atoms with Crippen molar-refractivity contribution in [3.05, 3.63) is 64.2 Å². The third kappa shape index (κ3) is 4.32. The molecule has 1 aromatic heterocycles. The maximum atomic E-state index is 13.0. The van der Waals surface area contributed by atoms with Crippen LogP contribution in [0.5, 0.6) is 11.5 Å². The number of rotatable bonds is 5. The molecule has 0 fully saturated rings. The van der Waals surface area contributed by atoms with E-state index in [1.807, 2.05) is 0 Å². The monoisotopic (exact) mass is 479 g/mol. The average Bonchev–Trinajstić information content (AvgIpc) is 3.49. The SMILES string of the molecule is COC(=O)c1ccc(NC(=O)C2CCCc3sc(NC(=O)c4ccc5c(c4)OCO5)nc32)cc1. The number of methoxy groups -OCH3 is 1. The van der Waals surface area contributed by atoms with Gasteiger partial charge in [-0.3, -0.25) is 14.9 Å². The summed E-state index contributed by atoms with van der Waals surface area (Å²) >= 11 is 1.39. The minimum Gasteiger partial charge on any atom is -0.465 e. The number of thiazole rings is 1. The van der Waals surface area contributed by atoms with Crippen molar-refractivity contribution in [1.82, 2.24) is 4.98 Å². The molecule has 1 aliphatic heterocycles. The molecule has 10 heteroatoms. The molecule has 2 aliphatic rings. The topological polar surface area (TPSA) is 116 Å². The zero-order valence-corrected chi connectivity index (χ0v) is 19.1. The number of ether oxygens (including phenoxy) is 3. The lowest BCUT2D eigenvalue weighted by molar-refractivity contribution is -0.117. The zero-order chi connectivity index (χ0) is 23.7. The highest BCUT2D eigenvalue weighted by molar-refractivity contribution is 7.16. The molecule has 0 saturated carbocycles. The van der Waals surface area contributed by atoms with Crippen molar-refractivity contribution in [1.29, 1.82) is 0 Å². The zero-order valence-electron chi connectivity index (χ0n) is 18.3. The molecule has 9 nitrogen and oxygen atoms in total. The molecule has 0 spiro atoms. The van der Waals surface area contributed by atoms with E-state index in [4.69, 9.17) is 14.2 Å². The predicted molar refractivity (Wildman–Crippen MR) is 125 cm³/mol. The fourth-order valence-corrected chi connectivity index (χ4v) is 5.03. The molecule has 3 aromatic rings. The van der Waals surface area contributed by atoms with Gasteiger partial charge in [-0.25, -0.2) is 9.78 Å². The first-order valence-corrected chi connectivity index (χ1v) is 11.5. The molecule has 0 saturated heterocycles. The number of hydrogen-bond donors (Lipinski definition) is 2. The fraction of sp³-hybridized carbons (Fsp3) is 0.250. The number of esters is 1. The number of amides is 2. The molecular weight excluding hydrogens is 458 g/mol. The smallest absolute Gasteiger partial charge is 0.337 e. The number of benzene rings is 2. The van der Waals surface area contributed by atoms with E-state index in [2.05, 4.69) is 15.6 Å². The van der Waals surface area contributed by atoms with Gasteiger partial charge in [-0.15, -0.1) is 11.3 Å². The Balaban J connectivity index is 1.28. The van der Waals surface area contributed by atoms with E-state index in [1.54, 1.807) is 42.5 Å². The maximum absolute atomic E-state index is 13.0. The largest absolute Gasteiger partial charge is 0.465 e. The van der Waals surface area contributed by atoms with E-state index in [0.717, 1.165) is 17.7 Å². The van der Waals surface area contributed by atoms with E-state index in [-0.39, 0.29) is 18.6 Å². The lowest BCUT2D eigenvalue weighted by Crippen LogP contribution is -2.24. The van der Waals surface area contributed by atoms with E-state index in [1.165, 1.54) is 18.4 Å². The van der Waals surface area contributed by atoms with Crippen molar-refractivity contribution in [3.8, 4) is 11.5 Å². The highest BCUT2D eigenvalue weighted by Crippen LogP contribution is 2.38. The molecule has 0 bridgehead atoms. The molecule has 2 aromatic carbocycles. The lowest BCUT2D eigenvalue weighted by atomic mass is 9.90. The van der Waals surface area contributed by atoms with Crippen molar-refractivity contribution < 1.29 is 28.6 Å². The van der Waals surface area contributed by atoms with Crippen LogP contribution in [0.3, 0.4) is 0 Å². The van der Waals surface area contributed by atoms with Crippen LogP contribution in [0, 0.1) is 0 Å². The van der Waals surface area contributed by atoms with Gasteiger partial charge in [0.1, 0.15) is 0 Å². The Kier molecular flexibility index (Phi) is 5.89. The van der Waals surface area contributed by atoms with Crippen LogP contribution in [0.2, 0.25) is 0 Å². The number of aryl methyl sites for hydroxylation is 1. The van der Waals surface area contributed by atoms with E-state index in [9.17, 15) is 14.4 Å². The van der Waals surface area contributed by atoms with Crippen molar-refractivity contribution in [3.63, 3.8) is 0 Å². The summed E-state index contributed by atoms with van der Waals surface area (Å²) in [4.78, 5) is 42.9. The first kappa shape index (κ1) is 21.9. The van der Waals surface area contributed by atoms with E-state index in [0.29, 0.717) is 45.6 Å². The number of hydrogen-bond acceptors (Lipinski definition) is 8. The molecule has 1 atom stereocenters. The van der Waals surface area contributed by atoms with Crippen LogP contribution < -0.4 is 20.1 Å². The van der Waals surface area contributed by atoms with Gasteiger partial charge in [0.15, 0.2) is 16.6 Å². The first-order chi connectivity index (χ1) is 16.5. The Hall–Kier alpha value is -3.92. The summed E-state index contributed by atoms with van der Waals surface area (Å²) in [5, 5.41) is 6.19. The number of carbonyl (C=O) groups is 3. The molecule has 1 aliphatic carbocycles. The second kappa shape index (κ2) is 9.14. The first-order valence-electron chi connectivity index (χ1n) is 10.7. The van der Waals surface area contributed by atoms with Gasteiger partial charge < -0.3 is 19.5 Å². The summed E-state index contributed by atoms with van der Waals surface area (Å²) in [5.74, 6) is -0.205. The molecule has 0 radical (unpaired) electrons. The molecule has 2 N–H and O–H groups in total. The summed E-state index contributed by atoms with van der Waals surface area (Å²) in [6.07, 6.45) is 2.33. The van der Waals surface area contributed by atoms with E-state index < -0.39 is 11.9 Å². The summed E-state index contributed by atoms with van der Waals surface area (Å²) < 4.78 is 15.3. The summed E-state index contributed by atoms with van der Waals surface area (Å²) in [7, 11) is 1.32. The molecule has 34 heavy (non-hydrogen) atoms. The quantitative estimate of drug-likeness (QED) is 0.532. The minimum absolute atomic E-state index is 0.137. The number of anilines is 2. The van der Waals surface area contributed by atoms with Crippen LogP contribution in [0.1, 0.15) is 50.0 Å². The number of fused-ring (bicyclic) bond motifs is 2. The maximum Gasteiger partial charge on any atom is 0.337 e. The molecule has 2 amide bonds. The second-order valence-corrected chi connectivity index (χ2v) is 8.94. The number of nitrogens with zero attached hydrogens (tertiary/aromatic N) is 1. The number of aromatic nitrogens is 1. The molecule has 1 unspecified atom stereocenters. The normalized spacial score (nSPS) is 15.9. The van der Waals surface area contributed by atoms with Crippen LogP contribution in [0.25, 0.3) is 0 Å². The van der Waals surface area contributed by atoms with Gasteiger partial charge in [0, 0.05) is 16.1 Å². The Labute approximate surface area is 199 Å². The number of nitrogens with one attached hydrogen (secondary N) is 2. The Bertz CT molecular complexity index is 1270. The van der Waals surface area contributed by atoms with Gasteiger partial charge in [-0.2, -0.15) is 0 Å². The van der Waals surface area contributed by atoms with Crippen LogP contribution >= 0.6 is 11.3 Å². The summed E-state index contributed by atoms with van der Waals surface area (Å²) in [5.41, 5.74) is 2.11. The second-order valence-electron chi connectivity index (χ2n) is 7.85. The van der Waals surface area contributed by atoms with Crippen LogP contribution in [0.4, 0.5) is 10.8 Å². The summed E-state index contributed by atoms with van der Waals surface area (Å²) in [6, 6.07) is 11.5. The Morgan fingerprint density at radius 2 is 1.79 bits per heavy atom. The Morgan fingerprint density at radius 1 is 1.03 bits per heavy atom. The highest BCUT2D eigenvalue weighted by atomic mass is 32.1. The van der Waals surface area contributed by atoms with Crippen molar-refractivity contribution in [2.45, 2.75) is 25.2 Å². The molecular formula is C24H21N3O6S. The van der Waals surface area contributed by atoms with Crippen LogP contribution in [-0.4, -0.2) is 36.7 Å². The van der Waals surface area contributed by atoms with Gasteiger partial charge in [0.25, 0.3) is 5.91 Å². The van der Waals surface area contributed by atoms with Crippen molar-refractivity contribution in [2.24, 2.45) is 0 Å². The van der Waals surface area contributed by atoms with Crippen LogP contribution in [-0.2, 0) is 16.0 Å². The van der Waals surface area contributed by atoms with Crippen molar-refractivity contribution >= 4 is 39.9 Å². The van der Waals surface area contributed by atoms with Crippen LogP contribution in [0.15, 0.2) is 42.5 Å². The lowest BCUT2D eigenvalue weighted by Gasteiger charge is -2.20. The van der Waals surface area contributed by atoms with Crippen molar-refractivity contribution in [2.75, 3.05) is 24.5 Å².